The van der Waals surface area contributed by atoms with Crippen LogP contribution in [0.4, 0.5) is 0 Å². The third-order valence-corrected chi connectivity index (χ3v) is 2.50. The highest BCUT2D eigenvalue weighted by atomic mass is 32.2. The standard InChI is InChI=1S/C7H14N2OS/c1-11-5-4-9-3-2-6(8)7(9)10/h6H,2-5,8H2,1H3. The number of carbonyl (C=O) groups is 1. The summed E-state index contributed by atoms with van der Waals surface area (Å²) in [5.41, 5.74) is 5.54. The molecule has 0 aromatic rings. The van der Waals surface area contributed by atoms with E-state index in [1.807, 2.05) is 11.2 Å². The van der Waals surface area contributed by atoms with Crippen LogP contribution < -0.4 is 5.73 Å². The Kier molecular flexibility index (Phi) is 3.20. The lowest BCUT2D eigenvalue weighted by Crippen LogP contribution is -2.35. The molecule has 0 spiro atoms. The molecular weight excluding hydrogens is 160 g/mol. The molecule has 1 aliphatic rings. The zero-order chi connectivity index (χ0) is 8.27. The van der Waals surface area contributed by atoms with Crippen LogP contribution in [0.3, 0.4) is 0 Å². The quantitative estimate of drug-likeness (QED) is 0.650. The summed E-state index contributed by atoms with van der Waals surface area (Å²) in [6, 6.07) is -0.225. The van der Waals surface area contributed by atoms with Gasteiger partial charge in [-0.1, -0.05) is 0 Å². The van der Waals surface area contributed by atoms with Crippen molar-refractivity contribution in [3.63, 3.8) is 0 Å². The predicted molar refractivity (Wildman–Crippen MR) is 47.6 cm³/mol. The van der Waals surface area contributed by atoms with Gasteiger partial charge in [-0.2, -0.15) is 11.8 Å². The van der Waals surface area contributed by atoms with E-state index >= 15 is 0 Å². The third kappa shape index (κ3) is 2.10. The van der Waals surface area contributed by atoms with Crippen LogP contribution in [0, 0.1) is 0 Å². The summed E-state index contributed by atoms with van der Waals surface area (Å²) in [4.78, 5) is 13.1. The molecular formula is C7H14N2OS. The first kappa shape index (κ1) is 8.87. The molecule has 1 aliphatic heterocycles. The Bertz CT molecular complexity index is 151. The van der Waals surface area contributed by atoms with Crippen molar-refractivity contribution in [2.75, 3.05) is 25.1 Å². The molecule has 1 rings (SSSR count). The van der Waals surface area contributed by atoms with Gasteiger partial charge in [0.1, 0.15) is 0 Å². The molecule has 64 valence electrons. The first-order chi connectivity index (χ1) is 5.25. The molecule has 1 fully saturated rings. The Morgan fingerprint density at radius 1 is 1.82 bits per heavy atom. The number of hydrogen-bond acceptors (Lipinski definition) is 3. The van der Waals surface area contributed by atoms with Gasteiger partial charge in [0.2, 0.25) is 5.91 Å². The van der Waals surface area contributed by atoms with Gasteiger partial charge in [-0.3, -0.25) is 4.79 Å². The number of thioether (sulfide) groups is 1. The van der Waals surface area contributed by atoms with Crippen molar-refractivity contribution in [2.45, 2.75) is 12.5 Å². The topological polar surface area (TPSA) is 46.3 Å². The number of nitrogens with two attached hydrogens (primary N) is 1. The molecule has 4 heteroatoms. The summed E-state index contributed by atoms with van der Waals surface area (Å²) in [7, 11) is 0. The molecule has 1 heterocycles. The number of rotatable bonds is 3. The van der Waals surface area contributed by atoms with E-state index in [-0.39, 0.29) is 11.9 Å². The Morgan fingerprint density at radius 2 is 2.55 bits per heavy atom. The van der Waals surface area contributed by atoms with Gasteiger partial charge in [0.25, 0.3) is 0 Å². The molecule has 0 bridgehead atoms. The number of likely N-dealkylation sites (tertiary alicyclic amines) is 1. The van der Waals surface area contributed by atoms with Crippen LogP contribution >= 0.6 is 11.8 Å². The van der Waals surface area contributed by atoms with Crippen LogP contribution in [-0.2, 0) is 4.79 Å². The zero-order valence-electron chi connectivity index (χ0n) is 6.75. The zero-order valence-corrected chi connectivity index (χ0v) is 7.56. The highest BCUT2D eigenvalue weighted by Gasteiger charge is 2.27. The molecule has 3 nitrogen and oxygen atoms in total. The van der Waals surface area contributed by atoms with Gasteiger partial charge in [-0.15, -0.1) is 0 Å². The highest BCUT2D eigenvalue weighted by Crippen LogP contribution is 2.09. The van der Waals surface area contributed by atoms with Crippen LogP contribution in [0.1, 0.15) is 6.42 Å². The molecule has 1 amide bonds. The fourth-order valence-electron chi connectivity index (χ4n) is 1.19. The Morgan fingerprint density at radius 3 is 3.00 bits per heavy atom. The molecule has 0 aromatic carbocycles. The second kappa shape index (κ2) is 3.97. The highest BCUT2D eigenvalue weighted by molar-refractivity contribution is 7.98. The van der Waals surface area contributed by atoms with Gasteiger partial charge in [-0.05, 0) is 12.7 Å². The molecule has 0 radical (unpaired) electrons. The molecule has 0 saturated carbocycles. The molecule has 1 atom stereocenters. The summed E-state index contributed by atoms with van der Waals surface area (Å²) in [6.45, 7) is 1.70. The number of hydrogen-bond donors (Lipinski definition) is 1. The number of carbonyl (C=O) groups excluding carboxylic acids is 1. The average Bonchev–Trinajstić information content (AvgIpc) is 2.31. The summed E-state index contributed by atoms with van der Waals surface area (Å²) in [6.07, 6.45) is 2.87. The smallest absolute Gasteiger partial charge is 0.239 e. The predicted octanol–water partition coefficient (Wildman–Crippen LogP) is -0.0910. The monoisotopic (exact) mass is 174 g/mol. The van der Waals surface area contributed by atoms with Crippen molar-refractivity contribution in [3.05, 3.63) is 0 Å². The molecule has 0 aromatic heterocycles. The molecule has 0 aliphatic carbocycles. The molecule has 11 heavy (non-hydrogen) atoms. The summed E-state index contributed by atoms with van der Waals surface area (Å²) in [5.74, 6) is 1.14. The first-order valence-corrected chi connectivity index (χ1v) is 5.18. The third-order valence-electron chi connectivity index (χ3n) is 1.90. The van der Waals surface area contributed by atoms with Crippen LogP contribution in [0.5, 0.6) is 0 Å². The Hall–Kier alpha value is -0.220. The molecule has 1 unspecified atom stereocenters. The minimum absolute atomic E-state index is 0.124. The summed E-state index contributed by atoms with van der Waals surface area (Å²) < 4.78 is 0. The summed E-state index contributed by atoms with van der Waals surface area (Å²) in [5, 5.41) is 0. The normalized spacial score (nSPS) is 24.7. The van der Waals surface area contributed by atoms with Gasteiger partial charge in [0.05, 0.1) is 6.04 Å². The van der Waals surface area contributed by atoms with E-state index < -0.39 is 0 Å². The average molecular weight is 174 g/mol. The number of amides is 1. The van der Waals surface area contributed by atoms with Crippen LogP contribution in [-0.4, -0.2) is 41.9 Å². The van der Waals surface area contributed by atoms with Crippen LogP contribution in [0.15, 0.2) is 0 Å². The van der Waals surface area contributed by atoms with E-state index in [9.17, 15) is 4.79 Å². The van der Waals surface area contributed by atoms with E-state index in [1.54, 1.807) is 11.8 Å². The van der Waals surface area contributed by atoms with E-state index in [1.165, 1.54) is 0 Å². The van der Waals surface area contributed by atoms with E-state index in [0.717, 1.165) is 25.3 Å². The van der Waals surface area contributed by atoms with Gasteiger partial charge in [0, 0.05) is 18.8 Å². The van der Waals surface area contributed by atoms with Gasteiger partial charge in [0.15, 0.2) is 0 Å². The number of nitrogens with zero attached hydrogens (tertiary/aromatic N) is 1. The fourth-order valence-corrected chi connectivity index (χ4v) is 1.59. The van der Waals surface area contributed by atoms with Crippen LogP contribution in [0.2, 0.25) is 0 Å². The SMILES string of the molecule is CSCCN1CCC(N)C1=O. The van der Waals surface area contributed by atoms with E-state index in [4.69, 9.17) is 5.73 Å². The molecule has 2 N–H and O–H groups in total. The lowest BCUT2D eigenvalue weighted by Gasteiger charge is -2.14. The van der Waals surface area contributed by atoms with Crippen molar-refractivity contribution in [2.24, 2.45) is 5.73 Å². The second-order valence-electron chi connectivity index (χ2n) is 2.71. The van der Waals surface area contributed by atoms with Crippen molar-refractivity contribution >= 4 is 17.7 Å². The summed E-state index contributed by atoms with van der Waals surface area (Å²) >= 11 is 1.76. The minimum Gasteiger partial charge on any atom is -0.340 e. The van der Waals surface area contributed by atoms with Crippen molar-refractivity contribution in [3.8, 4) is 0 Å². The fraction of sp³-hybridized carbons (Fsp3) is 0.857. The van der Waals surface area contributed by atoms with E-state index in [0.29, 0.717) is 0 Å². The minimum atomic E-state index is -0.225. The van der Waals surface area contributed by atoms with Crippen molar-refractivity contribution in [1.29, 1.82) is 0 Å². The maximum atomic E-state index is 11.2. The Balaban J connectivity index is 2.30. The maximum absolute atomic E-state index is 11.2. The maximum Gasteiger partial charge on any atom is 0.239 e. The Labute approximate surface area is 71.3 Å². The largest absolute Gasteiger partial charge is 0.340 e. The van der Waals surface area contributed by atoms with Gasteiger partial charge in [-0.25, -0.2) is 0 Å². The van der Waals surface area contributed by atoms with Crippen molar-refractivity contribution < 1.29 is 4.79 Å². The van der Waals surface area contributed by atoms with Gasteiger partial charge < -0.3 is 10.6 Å². The lowest BCUT2D eigenvalue weighted by molar-refractivity contribution is -0.128. The molecule has 1 saturated heterocycles. The second-order valence-corrected chi connectivity index (χ2v) is 3.70. The van der Waals surface area contributed by atoms with Gasteiger partial charge >= 0.3 is 0 Å². The first-order valence-electron chi connectivity index (χ1n) is 3.79. The van der Waals surface area contributed by atoms with E-state index in [2.05, 4.69) is 0 Å². The lowest BCUT2D eigenvalue weighted by atomic mass is 10.3. The van der Waals surface area contributed by atoms with Crippen LogP contribution in [0.25, 0.3) is 0 Å². The van der Waals surface area contributed by atoms with Crippen molar-refractivity contribution in [1.82, 2.24) is 4.90 Å².